The largest absolute Gasteiger partial charge is 0.497 e. The molecule has 3 aromatic carbocycles. The fourth-order valence-corrected chi connectivity index (χ4v) is 7.40. The Morgan fingerprint density at radius 3 is 2.54 bits per heavy atom. The molecule has 6 rings (SSSR count). The number of carboxylic acid groups (broad SMARTS) is 1. The Labute approximate surface area is 230 Å². The van der Waals surface area contributed by atoms with E-state index in [1.807, 2.05) is 18.2 Å². The molecule has 5 heteroatoms. The zero-order chi connectivity index (χ0) is 27.4. The molecule has 39 heavy (non-hydrogen) atoms. The Hall–Kier alpha value is -3.34. The predicted molar refractivity (Wildman–Crippen MR) is 150 cm³/mol. The number of ether oxygens (including phenoxy) is 2. The highest BCUT2D eigenvalue weighted by molar-refractivity contribution is 5.78. The van der Waals surface area contributed by atoms with Crippen molar-refractivity contribution in [1.29, 1.82) is 0 Å². The fraction of sp³-hybridized carbons (Fsp3) is 0.441. The van der Waals surface area contributed by atoms with E-state index in [1.165, 1.54) is 11.6 Å². The van der Waals surface area contributed by atoms with Crippen molar-refractivity contribution in [2.24, 2.45) is 11.3 Å². The number of carboxylic acids is 1. The Kier molecular flexibility index (Phi) is 6.44. The van der Waals surface area contributed by atoms with Crippen LogP contribution in [0, 0.1) is 17.2 Å². The van der Waals surface area contributed by atoms with Crippen molar-refractivity contribution in [3.63, 3.8) is 0 Å². The highest BCUT2D eigenvalue weighted by Crippen LogP contribution is 2.61. The molecule has 0 heterocycles. The van der Waals surface area contributed by atoms with Crippen LogP contribution in [0.3, 0.4) is 0 Å². The van der Waals surface area contributed by atoms with Gasteiger partial charge in [-0.2, -0.15) is 0 Å². The van der Waals surface area contributed by atoms with Crippen LogP contribution in [0.1, 0.15) is 80.5 Å². The van der Waals surface area contributed by atoms with Crippen LogP contribution in [-0.4, -0.2) is 18.2 Å². The number of hydrogen-bond donors (Lipinski definition) is 1. The highest BCUT2D eigenvalue weighted by atomic mass is 19.1. The Bertz CT molecular complexity index is 1430. The quantitative estimate of drug-likeness (QED) is 0.337. The summed E-state index contributed by atoms with van der Waals surface area (Å²) < 4.78 is 26.8. The van der Waals surface area contributed by atoms with E-state index in [0.29, 0.717) is 23.8 Å². The van der Waals surface area contributed by atoms with Gasteiger partial charge in [0.2, 0.25) is 0 Å². The van der Waals surface area contributed by atoms with Gasteiger partial charge in [-0.15, -0.1) is 0 Å². The molecule has 2 saturated carbocycles. The van der Waals surface area contributed by atoms with E-state index in [9.17, 15) is 9.90 Å². The van der Waals surface area contributed by atoms with Crippen LogP contribution in [0.5, 0.6) is 11.5 Å². The molecule has 0 saturated heterocycles. The number of carbonyl (C=O) groups is 1. The Balaban J connectivity index is 1.31. The second-order valence-corrected chi connectivity index (χ2v) is 12.4. The summed E-state index contributed by atoms with van der Waals surface area (Å²) in [4.78, 5) is 11.8. The van der Waals surface area contributed by atoms with Crippen molar-refractivity contribution in [2.45, 2.75) is 76.7 Å². The number of aliphatic carboxylic acids is 1. The van der Waals surface area contributed by atoms with E-state index < -0.39 is 5.97 Å². The van der Waals surface area contributed by atoms with Crippen molar-refractivity contribution >= 4 is 5.97 Å². The minimum atomic E-state index is -0.691. The normalized spacial score (nSPS) is 24.8. The van der Waals surface area contributed by atoms with Gasteiger partial charge < -0.3 is 14.6 Å². The van der Waals surface area contributed by atoms with Gasteiger partial charge in [-0.25, -0.2) is 4.39 Å². The predicted octanol–water partition coefficient (Wildman–Crippen LogP) is 8.05. The Morgan fingerprint density at radius 1 is 1.00 bits per heavy atom. The molecule has 3 atom stereocenters. The molecule has 0 aromatic heterocycles. The maximum Gasteiger partial charge on any atom is 0.307 e. The lowest BCUT2D eigenvalue weighted by Gasteiger charge is -2.30. The van der Waals surface area contributed by atoms with E-state index in [-0.39, 0.29) is 22.6 Å². The molecule has 0 amide bonds. The molecule has 3 aliphatic rings. The monoisotopic (exact) mass is 528 g/mol. The molecular formula is C34H37FO4. The summed E-state index contributed by atoms with van der Waals surface area (Å²) in [5.74, 6) is 0.514. The topological polar surface area (TPSA) is 55.8 Å². The molecule has 4 nitrogen and oxygen atoms in total. The van der Waals surface area contributed by atoms with Gasteiger partial charge >= 0.3 is 5.97 Å². The number of fused-ring (bicyclic) bond motifs is 2. The summed E-state index contributed by atoms with van der Waals surface area (Å²) in [6.07, 6.45) is 7.07. The first-order valence-corrected chi connectivity index (χ1v) is 14.2. The van der Waals surface area contributed by atoms with Crippen LogP contribution in [0.25, 0.3) is 11.1 Å². The van der Waals surface area contributed by atoms with Crippen molar-refractivity contribution < 1.29 is 23.8 Å². The van der Waals surface area contributed by atoms with Gasteiger partial charge in [0, 0.05) is 11.0 Å². The van der Waals surface area contributed by atoms with Gasteiger partial charge in [0.05, 0.1) is 13.0 Å². The summed E-state index contributed by atoms with van der Waals surface area (Å²) in [5.41, 5.74) is 6.02. The minimum absolute atomic E-state index is 0.126. The zero-order valence-corrected chi connectivity index (χ0v) is 23.1. The molecule has 204 valence electrons. The molecule has 3 aliphatic carbocycles. The summed E-state index contributed by atoms with van der Waals surface area (Å²) in [5, 5.41) is 9.66. The second kappa shape index (κ2) is 9.69. The molecular weight excluding hydrogens is 491 g/mol. The molecule has 2 fully saturated rings. The fourth-order valence-electron chi connectivity index (χ4n) is 7.40. The average Bonchev–Trinajstić information content (AvgIpc) is 3.54. The van der Waals surface area contributed by atoms with Crippen LogP contribution < -0.4 is 9.47 Å². The van der Waals surface area contributed by atoms with Crippen LogP contribution in [0.4, 0.5) is 4.39 Å². The zero-order valence-electron chi connectivity index (χ0n) is 23.1. The van der Waals surface area contributed by atoms with Gasteiger partial charge in [-0.3, -0.25) is 4.79 Å². The van der Waals surface area contributed by atoms with Gasteiger partial charge in [0.25, 0.3) is 0 Å². The molecule has 0 bridgehead atoms. The first-order valence-electron chi connectivity index (χ1n) is 14.2. The Morgan fingerprint density at radius 2 is 1.82 bits per heavy atom. The molecule has 0 aliphatic heterocycles. The lowest BCUT2D eigenvalue weighted by atomic mass is 9.75. The smallest absolute Gasteiger partial charge is 0.307 e. The van der Waals surface area contributed by atoms with Crippen molar-refractivity contribution in [3.8, 4) is 22.6 Å². The second-order valence-electron chi connectivity index (χ2n) is 12.4. The lowest BCUT2D eigenvalue weighted by molar-refractivity contribution is -0.139. The lowest BCUT2D eigenvalue weighted by Crippen LogP contribution is -2.21. The number of methoxy groups -OCH3 is 1. The van der Waals surface area contributed by atoms with Gasteiger partial charge in [0.1, 0.15) is 23.9 Å². The average molecular weight is 529 g/mol. The van der Waals surface area contributed by atoms with E-state index in [4.69, 9.17) is 9.47 Å². The van der Waals surface area contributed by atoms with Gasteiger partial charge in [-0.1, -0.05) is 44.5 Å². The van der Waals surface area contributed by atoms with E-state index in [2.05, 4.69) is 32.0 Å². The maximum atomic E-state index is 15.1. The summed E-state index contributed by atoms with van der Waals surface area (Å²) in [6.45, 7) is 5.02. The number of benzene rings is 3. The number of rotatable bonds is 7. The number of hydrogen-bond acceptors (Lipinski definition) is 3. The van der Waals surface area contributed by atoms with Gasteiger partial charge in [-0.05, 0) is 108 Å². The SMILES string of the molecule is COc1ccc(F)c(-c2ccc(COc3ccc4c(c3)[C@]3(CCC4)C[C@H]3C(=O)O)cc2[C@@H]2CCCC2(C)C)c1. The standard InChI is InChI=1S/C34H37FO4/c1-33(2)14-5-7-28(33)26-16-21(8-12-25(26)27-17-23(38-3)11-13-31(27)35)20-39-24-10-9-22-6-4-15-34(29(22)18-24)19-30(34)32(36)37/h8-13,16-18,28,30H,4-7,14-15,19-20H2,1-3H3,(H,36,37)/t28-,30-,34-/m0/s1. The third-order valence-corrected chi connectivity index (χ3v) is 9.68. The van der Waals surface area contributed by atoms with E-state index in [1.54, 1.807) is 19.2 Å². The third kappa shape index (κ3) is 4.60. The third-order valence-electron chi connectivity index (χ3n) is 9.68. The molecule has 1 N–H and O–H groups in total. The van der Waals surface area contributed by atoms with Crippen molar-refractivity contribution in [1.82, 2.24) is 0 Å². The molecule has 0 unspecified atom stereocenters. The summed E-state index contributed by atoms with van der Waals surface area (Å²) in [7, 11) is 1.60. The molecule has 3 aromatic rings. The van der Waals surface area contributed by atoms with Crippen molar-refractivity contribution in [3.05, 3.63) is 82.7 Å². The minimum Gasteiger partial charge on any atom is -0.497 e. The number of aryl methyl sites for hydroxylation is 1. The summed E-state index contributed by atoms with van der Waals surface area (Å²) >= 11 is 0. The van der Waals surface area contributed by atoms with Crippen LogP contribution in [0.2, 0.25) is 0 Å². The van der Waals surface area contributed by atoms with Crippen molar-refractivity contribution in [2.75, 3.05) is 7.11 Å². The maximum absolute atomic E-state index is 15.1. The molecule has 0 radical (unpaired) electrons. The first-order chi connectivity index (χ1) is 18.7. The van der Waals surface area contributed by atoms with E-state index in [0.717, 1.165) is 72.9 Å². The van der Waals surface area contributed by atoms with Crippen LogP contribution in [-0.2, 0) is 23.2 Å². The molecule has 1 spiro atoms. The van der Waals surface area contributed by atoms with E-state index >= 15 is 4.39 Å². The first kappa shape index (κ1) is 25.9. The van der Waals surface area contributed by atoms with Crippen LogP contribution >= 0.6 is 0 Å². The highest BCUT2D eigenvalue weighted by Gasteiger charge is 2.60. The van der Waals surface area contributed by atoms with Crippen LogP contribution in [0.15, 0.2) is 54.6 Å². The summed E-state index contributed by atoms with van der Waals surface area (Å²) in [6, 6.07) is 17.4. The van der Waals surface area contributed by atoms with Gasteiger partial charge in [0.15, 0.2) is 0 Å². The number of halogens is 1.